The van der Waals surface area contributed by atoms with Crippen LogP contribution in [0, 0.1) is 5.92 Å². The van der Waals surface area contributed by atoms with E-state index in [2.05, 4.69) is 18.7 Å². The number of anilines is 1. The quantitative estimate of drug-likeness (QED) is 0.663. The molecule has 0 saturated carbocycles. The highest BCUT2D eigenvalue weighted by Gasteiger charge is 2.37. The van der Waals surface area contributed by atoms with Crippen molar-refractivity contribution in [2.24, 2.45) is 5.92 Å². The normalized spacial score (nSPS) is 17.7. The standard InChI is InChI=1S/C24H26N2O4/c1-2-11-25(12-10-18-6-4-3-5-7-18)24(28)19-15-23(27)26(17-19)20-8-9-21-22(16-20)30-14-13-29-21/h2-9,16,19H,1,10-15,17H2. The third kappa shape index (κ3) is 4.32. The molecule has 1 fully saturated rings. The van der Waals surface area contributed by atoms with Crippen LogP contribution in [0.1, 0.15) is 12.0 Å². The smallest absolute Gasteiger partial charge is 0.228 e. The highest BCUT2D eigenvalue weighted by atomic mass is 16.6. The summed E-state index contributed by atoms with van der Waals surface area (Å²) in [4.78, 5) is 29.3. The third-order valence-corrected chi connectivity index (χ3v) is 5.49. The zero-order valence-electron chi connectivity index (χ0n) is 17.0. The summed E-state index contributed by atoms with van der Waals surface area (Å²) in [6.07, 6.45) is 2.72. The Kier molecular flexibility index (Phi) is 6.02. The summed E-state index contributed by atoms with van der Waals surface area (Å²) in [5.41, 5.74) is 1.92. The Labute approximate surface area is 176 Å². The van der Waals surface area contributed by atoms with Gasteiger partial charge in [0, 0.05) is 37.8 Å². The first-order valence-corrected chi connectivity index (χ1v) is 10.3. The fourth-order valence-electron chi connectivity index (χ4n) is 3.94. The maximum atomic E-state index is 13.2. The zero-order chi connectivity index (χ0) is 20.9. The van der Waals surface area contributed by atoms with E-state index in [9.17, 15) is 9.59 Å². The van der Waals surface area contributed by atoms with Crippen LogP contribution in [0.15, 0.2) is 61.2 Å². The van der Waals surface area contributed by atoms with Gasteiger partial charge in [0.05, 0.1) is 5.92 Å². The van der Waals surface area contributed by atoms with Crippen LogP contribution < -0.4 is 14.4 Å². The minimum Gasteiger partial charge on any atom is -0.486 e. The summed E-state index contributed by atoms with van der Waals surface area (Å²) in [5.74, 6) is 0.909. The van der Waals surface area contributed by atoms with Crippen molar-refractivity contribution in [2.75, 3.05) is 37.7 Å². The Bertz CT molecular complexity index is 928. The van der Waals surface area contributed by atoms with E-state index in [-0.39, 0.29) is 24.2 Å². The summed E-state index contributed by atoms with van der Waals surface area (Å²) in [5, 5.41) is 0. The lowest BCUT2D eigenvalue weighted by Gasteiger charge is -2.25. The number of carbonyl (C=O) groups excluding carboxylic acids is 2. The Balaban J connectivity index is 1.43. The van der Waals surface area contributed by atoms with Gasteiger partial charge in [0.2, 0.25) is 11.8 Å². The van der Waals surface area contributed by atoms with Crippen LogP contribution in [0.25, 0.3) is 0 Å². The summed E-state index contributed by atoms with van der Waals surface area (Å²) in [7, 11) is 0. The van der Waals surface area contributed by atoms with Gasteiger partial charge < -0.3 is 19.3 Å². The van der Waals surface area contributed by atoms with Crippen molar-refractivity contribution in [1.82, 2.24) is 4.90 Å². The highest BCUT2D eigenvalue weighted by Crippen LogP contribution is 2.36. The molecule has 0 aromatic heterocycles. The van der Waals surface area contributed by atoms with E-state index in [0.29, 0.717) is 44.3 Å². The lowest BCUT2D eigenvalue weighted by Crippen LogP contribution is -2.39. The molecule has 6 nitrogen and oxygen atoms in total. The molecule has 2 heterocycles. The van der Waals surface area contributed by atoms with Gasteiger partial charge in [-0.2, -0.15) is 0 Å². The average molecular weight is 406 g/mol. The maximum absolute atomic E-state index is 13.2. The van der Waals surface area contributed by atoms with Crippen LogP contribution in [0.2, 0.25) is 0 Å². The fraction of sp³-hybridized carbons (Fsp3) is 0.333. The third-order valence-electron chi connectivity index (χ3n) is 5.49. The van der Waals surface area contributed by atoms with E-state index in [1.807, 2.05) is 36.4 Å². The van der Waals surface area contributed by atoms with Gasteiger partial charge in [0.25, 0.3) is 0 Å². The van der Waals surface area contributed by atoms with E-state index < -0.39 is 0 Å². The van der Waals surface area contributed by atoms with Crippen LogP contribution in [0.3, 0.4) is 0 Å². The molecule has 2 amide bonds. The minimum atomic E-state index is -0.360. The number of hydrogen-bond donors (Lipinski definition) is 0. The number of rotatable bonds is 7. The molecule has 6 heteroatoms. The van der Waals surface area contributed by atoms with Crippen molar-refractivity contribution in [3.63, 3.8) is 0 Å². The van der Waals surface area contributed by atoms with Gasteiger partial charge in [-0.25, -0.2) is 0 Å². The molecule has 0 bridgehead atoms. The Morgan fingerprint density at radius 1 is 1.13 bits per heavy atom. The first-order valence-electron chi connectivity index (χ1n) is 10.3. The number of ether oxygens (including phenoxy) is 2. The van der Waals surface area contributed by atoms with Gasteiger partial charge in [-0.3, -0.25) is 9.59 Å². The molecule has 156 valence electrons. The number of carbonyl (C=O) groups is 2. The molecular weight excluding hydrogens is 380 g/mol. The highest BCUT2D eigenvalue weighted by molar-refractivity contribution is 6.00. The van der Waals surface area contributed by atoms with Crippen LogP contribution >= 0.6 is 0 Å². The molecular formula is C24H26N2O4. The van der Waals surface area contributed by atoms with Crippen molar-refractivity contribution in [3.8, 4) is 11.5 Å². The molecule has 2 aliphatic rings. The van der Waals surface area contributed by atoms with Crippen LogP contribution in [0.4, 0.5) is 5.69 Å². The Hall–Kier alpha value is -3.28. The Morgan fingerprint density at radius 3 is 2.67 bits per heavy atom. The first kappa shape index (κ1) is 20.0. The molecule has 0 aliphatic carbocycles. The maximum Gasteiger partial charge on any atom is 0.228 e. The SMILES string of the molecule is C=CCN(CCc1ccccc1)C(=O)C1CC(=O)N(c2ccc3c(c2)OCCO3)C1. The van der Waals surface area contributed by atoms with Crippen molar-refractivity contribution in [1.29, 1.82) is 0 Å². The summed E-state index contributed by atoms with van der Waals surface area (Å²) in [6, 6.07) is 15.6. The van der Waals surface area contributed by atoms with Gasteiger partial charge in [0.1, 0.15) is 13.2 Å². The fourth-order valence-corrected chi connectivity index (χ4v) is 3.94. The molecule has 2 aliphatic heterocycles. The molecule has 30 heavy (non-hydrogen) atoms. The minimum absolute atomic E-state index is 0.000718. The first-order chi connectivity index (χ1) is 14.7. The number of hydrogen-bond acceptors (Lipinski definition) is 4. The molecule has 2 aromatic rings. The molecule has 0 N–H and O–H groups in total. The molecule has 1 saturated heterocycles. The number of amides is 2. The van der Waals surface area contributed by atoms with E-state index in [4.69, 9.17) is 9.47 Å². The van der Waals surface area contributed by atoms with Gasteiger partial charge in [-0.15, -0.1) is 6.58 Å². The molecule has 1 atom stereocenters. The van der Waals surface area contributed by atoms with Crippen LogP contribution in [0.5, 0.6) is 11.5 Å². The monoisotopic (exact) mass is 406 g/mol. The predicted octanol–water partition coefficient (Wildman–Crippen LogP) is 3.07. The van der Waals surface area contributed by atoms with Crippen LogP contribution in [-0.4, -0.2) is 49.6 Å². The molecule has 2 aromatic carbocycles. The second-order valence-corrected chi connectivity index (χ2v) is 7.54. The van der Waals surface area contributed by atoms with Gasteiger partial charge >= 0.3 is 0 Å². The van der Waals surface area contributed by atoms with E-state index in [1.165, 1.54) is 5.56 Å². The van der Waals surface area contributed by atoms with Gasteiger partial charge in [0.15, 0.2) is 11.5 Å². The van der Waals surface area contributed by atoms with Gasteiger partial charge in [-0.05, 0) is 24.1 Å². The molecule has 0 radical (unpaired) electrons. The van der Waals surface area contributed by atoms with Crippen molar-refractivity contribution in [3.05, 3.63) is 66.7 Å². The zero-order valence-corrected chi connectivity index (χ0v) is 17.0. The molecule has 1 unspecified atom stereocenters. The van der Waals surface area contributed by atoms with Crippen molar-refractivity contribution in [2.45, 2.75) is 12.8 Å². The lowest BCUT2D eigenvalue weighted by atomic mass is 10.1. The lowest BCUT2D eigenvalue weighted by molar-refractivity contribution is -0.135. The summed E-state index contributed by atoms with van der Waals surface area (Å²) < 4.78 is 11.2. The Morgan fingerprint density at radius 2 is 1.90 bits per heavy atom. The molecule has 4 rings (SSSR count). The van der Waals surface area contributed by atoms with E-state index >= 15 is 0 Å². The van der Waals surface area contributed by atoms with Crippen molar-refractivity contribution < 1.29 is 19.1 Å². The summed E-state index contributed by atoms with van der Waals surface area (Å²) in [6.45, 7) is 6.24. The van der Waals surface area contributed by atoms with Crippen molar-refractivity contribution >= 4 is 17.5 Å². The van der Waals surface area contributed by atoms with Gasteiger partial charge in [-0.1, -0.05) is 36.4 Å². The topological polar surface area (TPSA) is 59.1 Å². The average Bonchev–Trinajstić information content (AvgIpc) is 3.18. The number of fused-ring (bicyclic) bond motifs is 1. The van der Waals surface area contributed by atoms with E-state index in [1.54, 1.807) is 15.9 Å². The number of nitrogens with zero attached hydrogens (tertiary/aromatic N) is 2. The predicted molar refractivity (Wildman–Crippen MR) is 115 cm³/mol. The second kappa shape index (κ2) is 9.03. The van der Waals surface area contributed by atoms with Crippen LogP contribution in [-0.2, 0) is 16.0 Å². The second-order valence-electron chi connectivity index (χ2n) is 7.54. The molecule has 0 spiro atoms. The summed E-state index contributed by atoms with van der Waals surface area (Å²) >= 11 is 0. The largest absolute Gasteiger partial charge is 0.486 e. The number of benzene rings is 2. The van der Waals surface area contributed by atoms with E-state index in [0.717, 1.165) is 12.1 Å².